The van der Waals surface area contributed by atoms with Gasteiger partial charge >= 0.3 is 0 Å². The van der Waals surface area contributed by atoms with E-state index in [0.29, 0.717) is 25.0 Å². The first-order chi connectivity index (χ1) is 8.13. The van der Waals surface area contributed by atoms with Crippen molar-refractivity contribution in [2.75, 3.05) is 6.61 Å². The third kappa shape index (κ3) is 2.82. The molecule has 1 saturated heterocycles. The van der Waals surface area contributed by atoms with Crippen molar-refractivity contribution in [3.05, 3.63) is 35.6 Å². The summed E-state index contributed by atoms with van der Waals surface area (Å²) in [5, 5.41) is 8.59. The molecule has 0 aliphatic carbocycles. The maximum Gasteiger partial charge on any atom is 0.170 e. The number of hydrogen-bond donors (Lipinski definition) is 0. The molecule has 0 spiro atoms. The van der Waals surface area contributed by atoms with Crippen molar-refractivity contribution >= 4 is 0 Å². The standard InChI is InChI=1S/C13H14FNO2/c1-13(16-9-11(17-13)6-7-15)8-10-4-2-3-5-12(10)14/h2-5,11H,6,8-9H2,1H3. The SMILES string of the molecule is CC1(Cc2ccccc2F)OCC(CC#N)O1. The fourth-order valence-corrected chi connectivity index (χ4v) is 1.97. The summed E-state index contributed by atoms with van der Waals surface area (Å²) < 4.78 is 24.7. The molecule has 2 unspecified atom stereocenters. The van der Waals surface area contributed by atoms with Crippen molar-refractivity contribution in [1.82, 2.24) is 0 Å². The molecular formula is C13H14FNO2. The number of rotatable bonds is 3. The zero-order valence-corrected chi connectivity index (χ0v) is 9.65. The number of hydrogen-bond acceptors (Lipinski definition) is 3. The van der Waals surface area contributed by atoms with Crippen LogP contribution in [-0.4, -0.2) is 18.5 Å². The number of nitriles is 1. The molecule has 0 radical (unpaired) electrons. The minimum Gasteiger partial charge on any atom is -0.347 e. The van der Waals surface area contributed by atoms with Crippen molar-refractivity contribution in [1.29, 1.82) is 5.26 Å². The Balaban J connectivity index is 2.05. The molecule has 3 nitrogen and oxygen atoms in total. The summed E-state index contributed by atoms with van der Waals surface area (Å²) in [5.41, 5.74) is 0.563. The molecule has 90 valence electrons. The van der Waals surface area contributed by atoms with Crippen LogP contribution in [0.15, 0.2) is 24.3 Å². The fourth-order valence-electron chi connectivity index (χ4n) is 1.97. The van der Waals surface area contributed by atoms with Crippen LogP contribution in [0.4, 0.5) is 4.39 Å². The van der Waals surface area contributed by atoms with Gasteiger partial charge in [0.1, 0.15) is 5.82 Å². The molecule has 1 aromatic rings. The van der Waals surface area contributed by atoms with Gasteiger partial charge in [-0.2, -0.15) is 5.26 Å². The predicted octanol–water partition coefficient (Wildman–Crippen LogP) is 2.41. The third-order valence-electron chi connectivity index (χ3n) is 2.78. The van der Waals surface area contributed by atoms with Gasteiger partial charge in [0, 0.05) is 6.42 Å². The molecule has 1 aliphatic heterocycles. The Morgan fingerprint density at radius 1 is 1.53 bits per heavy atom. The molecule has 1 aromatic carbocycles. The Kier molecular flexibility index (Phi) is 3.41. The van der Waals surface area contributed by atoms with Gasteiger partial charge in [-0.25, -0.2) is 4.39 Å². The van der Waals surface area contributed by atoms with Crippen LogP contribution in [-0.2, 0) is 15.9 Å². The summed E-state index contributed by atoms with van der Waals surface area (Å²) in [4.78, 5) is 0. The Morgan fingerprint density at radius 3 is 3.00 bits per heavy atom. The second kappa shape index (κ2) is 4.82. The topological polar surface area (TPSA) is 42.2 Å². The minimum absolute atomic E-state index is 0.211. The molecular weight excluding hydrogens is 221 g/mol. The summed E-state index contributed by atoms with van der Waals surface area (Å²) in [7, 11) is 0. The van der Waals surface area contributed by atoms with E-state index in [1.54, 1.807) is 25.1 Å². The highest BCUT2D eigenvalue weighted by atomic mass is 19.1. The second-order valence-electron chi connectivity index (χ2n) is 4.32. The van der Waals surface area contributed by atoms with Gasteiger partial charge in [-0.05, 0) is 18.6 Å². The van der Waals surface area contributed by atoms with E-state index >= 15 is 0 Å². The zero-order valence-electron chi connectivity index (χ0n) is 9.65. The first kappa shape index (κ1) is 12.0. The second-order valence-corrected chi connectivity index (χ2v) is 4.32. The van der Waals surface area contributed by atoms with E-state index in [4.69, 9.17) is 14.7 Å². The number of benzene rings is 1. The molecule has 0 aromatic heterocycles. The van der Waals surface area contributed by atoms with E-state index in [1.807, 2.05) is 6.07 Å². The van der Waals surface area contributed by atoms with Crippen LogP contribution >= 0.6 is 0 Å². The van der Waals surface area contributed by atoms with Gasteiger partial charge in [0.2, 0.25) is 0 Å². The predicted molar refractivity (Wildman–Crippen MR) is 59.6 cm³/mol. The van der Waals surface area contributed by atoms with Gasteiger partial charge in [-0.1, -0.05) is 18.2 Å². The van der Waals surface area contributed by atoms with Crippen LogP contribution in [0.2, 0.25) is 0 Å². The van der Waals surface area contributed by atoms with Gasteiger partial charge < -0.3 is 9.47 Å². The van der Waals surface area contributed by atoms with Crippen molar-refractivity contribution in [3.8, 4) is 6.07 Å². The van der Waals surface area contributed by atoms with Gasteiger partial charge in [0.05, 0.1) is 25.2 Å². The third-order valence-corrected chi connectivity index (χ3v) is 2.78. The number of halogens is 1. The maximum absolute atomic E-state index is 13.5. The Morgan fingerprint density at radius 2 is 2.29 bits per heavy atom. The first-order valence-electron chi connectivity index (χ1n) is 5.55. The lowest BCUT2D eigenvalue weighted by Crippen LogP contribution is -2.30. The Labute approximate surface area is 99.8 Å². The molecule has 2 rings (SSSR count). The molecule has 1 fully saturated rings. The lowest BCUT2D eigenvalue weighted by Gasteiger charge is -2.23. The lowest BCUT2D eigenvalue weighted by atomic mass is 10.1. The van der Waals surface area contributed by atoms with E-state index < -0.39 is 5.79 Å². The molecule has 1 aliphatic rings. The number of ether oxygens (including phenoxy) is 2. The van der Waals surface area contributed by atoms with Gasteiger partial charge in [-0.3, -0.25) is 0 Å². The largest absolute Gasteiger partial charge is 0.347 e. The van der Waals surface area contributed by atoms with Crippen LogP contribution in [0.5, 0.6) is 0 Å². The van der Waals surface area contributed by atoms with E-state index in [9.17, 15) is 4.39 Å². The number of nitrogens with zero attached hydrogens (tertiary/aromatic N) is 1. The molecule has 1 heterocycles. The average molecular weight is 235 g/mol. The van der Waals surface area contributed by atoms with Crippen LogP contribution in [0.1, 0.15) is 18.9 Å². The molecule has 4 heteroatoms. The van der Waals surface area contributed by atoms with Crippen LogP contribution in [0.25, 0.3) is 0 Å². The van der Waals surface area contributed by atoms with Crippen molar-refractivity contribution in [2.24, 2.45) is 0 Å². The normalized spacial score (nSPS) is 27.9. The maximum atomic E-state index is 13.5. The fraction of sp³-hybridized carbons (Fsp3) is 0.462. The Bertz CT molecular complexity index is 443. The summed E-state index contributed by atoms with van der Waals surface area (Å²) in [5.74, 6) is -1.09. The highest BCUT2D eigenvalue weighted by Crippen LogP contribution is 2.29. The molecule has 17 heavy (non-hydrogen) atoms. The summed E-state index contributed by atoms with van der Waals surface area (Å²) in [6.07, 6.45) is 0.436. The summed E-state index contributed by atoms with van der Waals surface area (Å²) in [6.45, 7) is 2.16. The van der Waals surface area contributed by atoms with Gasteiger partial charge in [0.25, 0.3) is 0 Å². The van der Waals surface area contributed by atoms with Crippen molar-refractivity contribution < 1.29 is 13.9 Å². The highest BCUT2D eigenvalue weighted by Gasteiger charge is 2.37. The van der Waals surface area contributed by atoms with Crippen LogP contribution in [0, 0.1) is 17.1 Å². The average Bonchev–Trinajstić information content (AvgIpc) is 2.64. The quantitative estimate of drug-likeness (QED) is 0.808. The highest BCUT2D eigenvalue weighted by molar-refractivity contribution is 5.18. The monoisotopic (exact) mass is 235 g/mol. The molecule has 0 amide bonds. The lowest BCUT2D eigenvalue weighted by molar-refractivity contribution is -0.152. The summed E-state index contributed by atoms with van der Waals surface area (Å²) in [6, 6.07) is 8.60. The van der Waals surface area contributed by atoms with Crippen LogP contribution < -0.4 is 0 Å². The van der Waals surface area contributed by atoms with Crippen LogP contribution in [0.3, 0.4) is 0 Å². The molecule has 2 atom stereocenters. The Hall–Kier alpha value is -1.44. The van der Waals surface area contributed by atoms with Gasteiger partial charge in [-0.15, -0.1) is 0 Å². The van der Waals surface area contributed by atoms with Gasteiger partial charge in [0.15, 0.2) is 5.79 Å². The molecule has 0 bridgehead atoms. The van der Waals surface area contributed by atoms with E-state index in [1.165, 1.54) is 6.07 Å². The van der Waals surface area contributed by atoms with E-state index in [0.717, 1.165) is 0 Å². The van der Waals surface area contributed by atoms with E-state index in [-0.39, 0.29) is 11.9 Å². The van der Waals surface area contributed by atoms with E-state index in [2.05, 4.69) is 0 Å². The van der Waals surface area contributed by atoms with Crippen molar-refractivity contribution in [3.63, 3.8) is 0 Å². The molecule has 0 N–H and O–H groups in total. The minimum atomic E-state index is -0.830. The summed E-state index contributed by atoms with van der Waals surface area (Å²) >= 11 is 0. The van der Waals surface area contributed by atoms with Crippen molar-refractivity contribution in [2.45, 2.75) is 31.7 Å². The smallest absolute Gasteiger partial charge is 0.170 e. The first-order valence-corrected chi connectivity index (χ1v) is 5.55. The zero-order chi connectivity index (χ0) is 12.3. The molecule has 0 saturated carbocycles.